The second kappa shape index (κ2) is 5.53. The van der Waals surface area contributed by atoms with Crippen LogP contribution in [0.2, 0.25) is 0 Å². The topological polar surface area (TPSA) is 45.0 Å². The van der Waals surface area contributed by atoms with Gasteiger partial charge in [-0.15, -0.1) is 0 Å². The molecule has 0 spiro atoms. The second-order valence-corrected chi connectivity index (χ2v) is 4.54. The number of rotatable bonds is 3. The molecule has 0 fully saturated rings. The summed E-state index contributed by atoms with van der Waals surface area (Å²) in [5.74, 6) is 0.180. The van der Waals surface area contributed by atoms with Gasteiger partial charge in [-0.05, 0) is 17.0 Å². The van der Waals surface area contributed by atoms with E-state index in [-0.39, 0.29) is 5.75 Å². The minimum absolute atomic E-state index is 0.180. The normalized spacial score (nSPS) is 11.2. The van der Waals surface area contributed by atoms with Crippen molar-refractivity contribution in [2.45, 2.75) is 6.54 Å². The maximum Gasteiger partial charge on any atom is 0.150 e. The van der Waals surface area contributed by atoms with E-state index in [1.165, 1.54) is 0 Å². The summed E-state index contributed by atoms with van der Waals surface area (Å²) in [6.07, 6.45) is 0. The first kappa shape index (κ1) is 12.4. The minimum Gasteiger partial charge on any atom is -0.505 e. The van der Waals surface area contributed by atoms with E-state index in [0.717, 1.165) is 16.3 Å². The molecule has 0 atom stereocenters. The minimum atomic E-state index is 0.180. The maximum atomic E-state index is 10.2. The van der Waals surface area contributed by atoms with E-state index in [9.17, 15) is 5.11 Å². The van der Waals surface area contributed by atoms with Gasteiger partial charge in [0.1, 0.15) is 5.69 Å². The van der Waals surface area contributed by atoms with E-state index in [1.54, 1.807) is 6.07 Å². The molecule has 1 N–H and O–H groups in total. The third kappa shape index (κ3) is 2.52. The van der Waals surface area contributed by atoms with Crippen LogP contribution in [0.5, 0.6) is 5.75 Å². The van der Waals surface area contributed by atoms with Crippen LogP contribution in [0.3, 0.4) is 0 Å². The van der Waals surface area contributed by atoms with Crippen molar-refractivity contribution in [2.75, 3.05) is 0 Å². The summed E-state index contributed by atoms with van der Waals surface area (Å²) in [7, 11) is 0. The summed E-state index contributed by atoms with van der Waals surface area (Å²) >= 11 is 0. The number of phenols is 1. The van der Waals surface area contributed by atoms with Crippen LogP contribution in [0, 0.1) is 0 Å². The standard InChI is InChI=1S/C17H14N2O/c20-17-15-9-5-4-8-14(15)10-11-16(17)19-18-12-13-6-2-1-3-7-13/h1-11,20H,12H2/b19-18+. The molecule has 20 heavy (non-hydrogen) atoms. The van der Waals surface area contributed by atoms with Crippen molar-refractivity contribution in [1.29, 1.82) is 0 Å². The molecule has 0 bridgehead atoms. The molecule has 0 aliphatic carbocycles. The van der Waals surface area contributed by atoms with Crippen molar-refractivity contribution in [3.05, 3.63) is 72.3 Å². The highest BCUT2D eigenvalue weighted by Gasteiger charge is 2.04. The lowest BCUT2D eigenvalue weighted by molar-refractivity contribution is 0.482. The zero-order chi connectivity index (χ0) is 13.8. The monoisotopic (exact) mass is 262 g/mol. The lowest BCUT2D eigenvalue weighted by Crippen LogP contribution is -1.78. The smallest absolute Gasteiger partial charge is 0.150 e. The maximum absolute atomic E-state index is 10.2. The summed E-state index contributed by atoms with van der Waals surface area (Å²) in [4.78, 5) is 0. The van der Waals surface area contributed by atoms with Gasteiger partial charge in [0, 0.05) is 5.39 Å². The highest BCUT2D eigenvalue weighted by atomic mass is 16.3. The molecule has 0 amide bonds. The molecule has 3 aromatic carbocycles. The molecule has 0 saturated heterocycles. The van der Waals surface area contributed by atoms with Crippen molar-refractivity contribution in [3.8, 4) is 5.75 Å². The summed E-state index contributed by atoms with van der Waals surface area (Å²) < 4.78 is 0. The lowest BCUT2D eigenvalue weighted by Gasteiger charge is -2.03. The average Bonchev–Trinajstić information content (AvgIpc) is 2.51. The third-order valence-corrected chi connectivity index (χ3v) is 3.15. The molecule has 0 aliphatic rings. The van der Waals surface area contributed by atoms with Crippen molar-refractivity contribution in [3.63, 3.8) is 0 Å². The number of nitrogens with zero attached hydrogens (tertiary/aromatic N) is 2. The van der Waals surface area contributed by atoms with E-state index < -0.39 is 0 Å². The van der Waals surface area contributed by atoms with Gasteiger partial charge < -0.3 is 5.11 Å². The van der Waals surface area contributed by atoms with Gasteiger partial charge in [0.2, 0.25) is 0 Å². The fourth-order valence-electron chi connectivity index (χ4n) is 2.10. The van der Waals surface area contributed by atoms with Crippen LogP contribution in [0.15, 0.2) is 77.0 Å². The molecule has 3 heteroatoms. The largest absolute Gasteiger partial charge is 0.505 e. The average molecular weight is 262 g/mol. The van der Waals surface area contributed by atoms with E-state index in [4.69, 9.17) is 0 Å². The van der Waals surface area contributed by atoms with Gasteiger partial charge in [0.25, 0.3) is 0 Å². The van der Waals surface area contributed by atoms with Crippen LogP contribution in [0.4, 0.5) is 5.69 Å². The first-order valence-corrected chi connectivity index (χ1v) is 6.47. The number of hydrogen-bond donors (Lipinski definition) is 1. The van der Waals surface area contributed by atoms with Crippen LogP contribution in [0.25, 0.3) is 10.8 Å². The zero-order valence-electron chi connectivity index (χ0n) is 10.9. The van der Waals surface area contributed by atoms with Crippen molar-refractivity contribution in [1.82, 2.24) is 0 Å². The Labute approximate surface area is 117 Å². The molecule has 3 nitrogen and oxygen atoms in total. The Kier molecular flexibility index (Phi) is 3.42. The van der Waals surface area contributed by atoms with Crippen LogP contribution in [0.1, 0.15) is 5.56 Å². The lowest BCUT2D eigenvalue weighted by atomic mass is 10.1. The SMILES string of the molecule is Oc1c(/N=N/Cc2ccccc2)ccc2ccccc12. The van der Waals surface area contributed by atoms with E-state index in [0.29, 0.717) is 12.2 Å². The number of benzene rings is 3. The van der Waals surface area contributed by atoms with Crippen LogP contribution in [-0.2, 0) is 6.54 Å². The molecule has 98 valence electrons. The van der Waals surface area contributed by atoms with Crippen molar-refractivity contribution < 1.29 is 5.11 Å². The number of hydrogen-bond acceptors (Lipinski definition) is 3. The molecular weight excluding hydrogens is 248 g/mol. The summed E-state index contributed by atoms with van der Waals surface area (Å²) in [5.41, 5.74) is 1.59. The van der Waals surface area contributed by atoms with Gasteiger partial charge in [-0.1, -0.05) is 60.7 Å². The van der Waals surface area contributed by atoms with Crippen LogP contribution >= 0.6 is 0 Å². The van der Waals surface area contributed by atoms with Gasteiger partial charge in [-0.25, -0.2) is 0 Å². The second-order valence-electron chi connectivity index (χ2n) is 4.54. The van der Waals surface area contributed by atoms with Crippen molar-refractivity contribution in [2.24, 2.45) is 10.2 Å². The Hall–Kier alpha value is -2.68. The fraction of sp³-hybridized carbons (Fsp3) is 0.0588. The Morgan fingerprint density at radius 3 is 2.40 bits per heavy atom. The predicted molar refractivity (Wildman–Crippen MR) is 80.3 cm³/mol. The highest BCUT2D eigenvalue weighted by molar-refractivity contribution is 5.92. The van der Waals surface area contributed by atoms with Gasteiger partial charge in [-0.3, -0.25) is 0 Å². The molecular formula is C17H14N2O. The molecule has 0 radical (unpaired) electrons. The van der Waals surface area contributed by atoms with Gasteiger partial charge >= 0.3 is 0 Å². The molecule has 0 aromatic heterocycles. The quantitative estimate of drug-likeness (QED) is 0.675. The number of phenolic OH excluding ortho intramolecular Hbond substituents is 1. The van der Waals surface area contributed by atoms with Gasteiger partial charge in [0.05, 0.1) is 6.54 Å². The van der Waals surface area contributed by atoms with E-state index in [1.807, 2.05) is 60.7 Å². The molecule has 3 aromatic rings. The first-order chi connectivity index (χ1) is 9.84. The van der Waals surface area contributed by atoms with E-state index in [2.05, 4.69) is 10.2 Å². The summed E-state index contributed by atoms with van der Waals surface area (Å²) in [6, 6.07) is 21.3. The van der Waals surface area contributed by atoms with Crippen LogP contribution in [-0.4, -0.2) is 5.11 Å². The Bertz CT molecular complexity index is 751. The summed E-state index contributed by atoms with van der Waals surface area (Å²) in [6.45, 7) is 0.507. The summed E-state index contributed by atoms with van der Waals surface area (Å²) in [5, 5.41) is 20.3. The van der Waals surface area contributed by atoms with Crippen molar-refractivity contribution >= 4 is 16.5 Å². The first-order valence-electron chi connectivity index (χ1n) is 6.47. The van der Waals surface area contributed by atoms with Gasteiger partial charge in [-0.2, -0.15) is 10.2 Å². The fourth-order valence-corrected chi connectivity index (χ4v) is 2.10. The molecule has 0 unspecified atom stereocenters. The molecule has 0 aliphatic heterocycles. The van der Waals surface area contributed by atoms with Crippen LogP contribution < -0.4 is 0 Å². The Morgan fingerprint density at radius 1 is 0.800 bits per heavy atom. The molecule has 3 rings (SSSR count). The zero-order valence-corrected chi connectivity index (χ0v) is 10.9. The number of fused-ring (bicyclic) bond motifs is 1. The molecule has 0 saturated carbocycles. The van der Waals surface area contributed by atoms with E-state index >= 15 is 0 Å². The molecule has 0 heterocycles. The number of azo groups is 1. The Morgan fingerprint density at radius 2 is 1.55 bits per heavy atom. The highest BCUT2D eigenvalue weighted by Crippen LogP contribution is 2.34. The Balaban J connectivity index is 1.86. The number of aromatic hydroxyl groups is 1. The predicted octanol–water partition coefficient (Wildman–Crippen LogP) is 4.83. The third-order valence-electron chi connectivity index (χ3n) is 3.15. The van der Waals surface area contributed by atoms with Gasteiger partial charge in [0.15, 0.2) is 5.75 Å².